The first-order chi connectivity index (χ1) is 8.69. The van der Waals surface area contributed by atoms with Crippen LogP contribution in [0.15, 0.2) is 23.4 Å². The molecule has 1 aromatic carbocycles. The minimum Gasteiger partial charge on any atom is -0.493 e. The number of oxime groups is 1. The van der Waals surface area contributed by atoms with Crippen molar-refractivity contribution in [3.63, 3.8) is 0 Å². The second kappa shape index (κ2) is 7.82. The third-order valence-electron chi connectivity index (χ3n) is 2.58. The van der Waals surface area contributed by atoms with Gasteiger partial charge in [0.25, 0.3) is 0 Å². The Morgan fingerprint density at radius 3 is 2.83 bits per heavy atom. The highest BCUT2D eigenvalue weighted by Crippen LogP contribution is 2.23. The zero-order valence-corrected chi connectivity index (χ0v) is 11.3. The van der Waals surface area contributed by atoms with Gasteiger partial charge in [0, 0.05) is 5.02 Å². The highest BCUT2D eigenvalue weighted by atomic mass is 35.5. The number of benzene rings is 1. The summed E-state index contributed by atoms with van der Waals surface area (Å²) in [5.41, 5.74) is 6.09. The van der Waals surface area contributed by atoms with Gasteiger partial charge < -0.3 is 15.7 Å². The van der Waals surface area contributed by atoms with Gasteiger partial charge in [-0.05, 0) is 24.6 Å². The van der Waals surface area contributed by atoms with E-state index < -0.39 is 0 Å². The van der Waals surface area contributed by atoms with Gasteiger partial charge in [0.15, 0.2) is 5.84 Å². The van der Waals surface area contributed by atoms with Crippen LogP contribution in [0.4, 0.5) is 0 Å². The van der Waals surface area contributed by atoms with Crippen molar-refractivity contribution in [1.82, 2.24) is 0 Å². The average Bonchev–Trinajstić information content (AvgIpc) is 2.39. The molecule has 0 aromatic heterocycles. The van der Waals surface area contributed by atoms with Crippen molar-refractivity contribution < 1.29 is 9.94 Å². The number of ether oxygens (including phenoxy) is 1. The minimum atomic E-state index is 0.000980. The normalized spacial score (nSPS) is 11.6. The van der Waals surface area contributed by atoms with E-state index in [2.05, 4.69) is 12.1 Å². The molecule has 0 radical (unpaired) electrons. The largest absolute Gasteiger partial charge is 0.493 e. The zero-order valence-electron chi connectivity index (χ0n) is 10.5. The molecule has 0 aliphatic heterocycles. The molecule has 0 unspecified atom stereocenters. The van der Waals surface area contributed by atoms with Crippen molar-refractivity contribution in [2.75, 3.05) is 6.61 Å². The van der Waals surface area contributed by atoms with Gasteiger partial charge in [0.2, 0.25) is 0 Å². The van der Waals surface area contributed by atoms with Crippen molar-refractivity contribution in [2.45, 2.75) is 32.6 Å². The van der Waals surface area contributed by atoms with Gasteiger partial charge >= 0.3 is 0 Å². The van der Waals surface area contributed by atoms with Gasteiger partial charge in [-0.2, -0.15) is 0 Å². The number of rotatable bonds is 7. The molecule has 0 bridgehead atoms. The Morgan fingerprint density at radius 1 is 1.39 bits per heavy atom. The fourth-order valence-electron chi connectivity index (χ4n) is 1.59. The Morgan fingerprint density at radius 2 is 2.17 bits per heavy atom. The molecule has 4 nitrogen and oxygen atoms in total. The molecule has 0 amide bonds. The Balaban J connectivity index is 2.64. The molecule has 1 aromatic rings. The Kier molecular flexibility index (Phi) is 6.36. The summed E-state index contributed by atoms with van der Waals surface area (Å²) < 4.78 is 5.63. The molecular weight excluding hydrogens is 252 g/mol. The van der Waals surface area contributed by atoms with Crippen LogP contribution in [0.25, 0.3) is 0 Å². The smallest absolute Gasteiger partial charge is 0.173 e. The monoisotopic (exact) mass is 270 g/mol. The first-order valence-corrected chi connectivity index (χ1v) is 6.47. The molecule has 1 rings (SSSR count). The summed E-state index contributed by atoms with van der Waals surface area (Å²) in [5.74, 6) is 0.590. The highest BCUT2D eigenvalue weighted by molar-refractivity contribution is 6.31. The molecule has 18 heavy (non-hydrogen) atoms. The molecule has 0 aliphatic rings. The van der Waals surface area contributed by atoms with E-state index in [4.69, 9.17) is 27.3 Å². The van der Waals surface area contributed by atoms with Crippen LogP contribution in [0, 0.1) is 0 Å². The van der Waals surface area contributed by atoms with Crippen LogP contribution in [0.2, 0.25) is 5.02 Å². The maximum atomic E-state index is 8.71. The van der Waals surface area contributed by atoms with Crippen molar-refractivity contribution in [3.8, 4) is 5.75 Å². The fraction of sp³-hybridized carbons (Fsp3) is 0.462. The summed E-state index contributed by atoms with van der Waals surface area (Å²) in [6.07, 6.45) is 4.53. The maximum Gasteiger partial charge on any atom is 0.173 e. The Labute approximate surface area is 112 Å². The average molecular weight is 271 g/mol. The Bertz CT molecular complexity index is 408. The molecular formula is C13H19ClN2O2. The molecule has 0 aliphatic carbocycles. The lowest BCUT2D eigenvalue weighted by Crippen LogP contribution is -2.15. The van der Waals surface area contributed by atoms with Crippen LogP contribution < -0.4 is 10.5 Å². The second-order valence-corrected chi connectivity index (χ2v) is 4.47. The van der Waals surface area contributed by atoms with Gasteiger partial charge in [0.05, 0.1) is 12.2 Å². The zero-order chi connectivity index (χ0) is 13.4. The highest BCUT2D eigenvalue weighted by Gasteiger charge is 2.09. The van der Waals surface area contributed by atoms with Gasteiger partial charge in [-0.3, -0.25) is 0 Å². The van der Waals surface area contributed by atoms with Gasteiger partial charge in [-0.1, -0.05) is 42.9 Å². The Hall–Kier alpha value is -1.42. The minimum absolute atomic E-state index is 0.000980. The van der Waals surface area contributed by atoms with E-state index in [-0.39, 0.29) is 5.84 Å². The van der Waals surface area contributed by atoms with Crippen LogP contribution in [-0.2, 0) is 0 Å². The fourth-order valence-corrected chi connectivity index (χ4v) is 1.77. The van der Waals surface area contributed by atoms with Crippen molar-refractivity contribution in [1.29, 1.82) is 0 Å². The topological polar surface area (TPSA) is 67.8 Å². The molecule has 0 saturated carbocycles. The van der Waals surface area contributed by atoms with E-state index in [0.29, 0.717) is 22.9 Å². The lowest BCUT2D eigenvalue weighted by molar-refractivity contribution is 0.302. The van der Waals surface area contributed by atoms with E-state index in [1.165, 1.54) is 12.8 Å². The van der Waals surface area contributed by atoms with Crippen LogP contribution in [0.1, 0.15) is 38.2 Å². The molecule has 0 fully saturated rings. The van der Waals surface area contributed by atoms with Gasteiger partial charge in [-0.15, -0.1) is 0 Å². The number of amidine groups is 1. The van der Waals surface area contributed by atoms with E-state index in [9.17, 15) is 0 Å². The molecule has 3 N–H and O–H groups in total. The third kappa shape index (κ3) is 4.45. The quantitative estimate of drug-likeness (QED) is 0.262. The van der Waals surface area contributed by atoms with E-state index in [0.717, 1.165) is 12.8 Å². The van der Waals surface area contributed by atoms with Crippen LogP contribution in [-0.4, -0.2) is 17.6 Å². The summed E-state index contributed by atoms with van der Waals surface area (Å²) in [7, 11) is 0. The summed E-state index contributed by atoms with van der Waals surface area (Å²) in [6, 6.07) is 5.07. The number of nitrogens with zero attached hydrogens (tertiary/aromatic N) is 1. The van der Waals surface area contributed by atoms with Gasteiger partial charge in [-0.25, -0.2) is 0 Å². The molecule has 0 heterocycles. The van der Waals surface area contributed by atoms with Crippen molar-refractivity contribution >= 4 is 17.4 Å². The lowest BCUT2D eigenvalue weighted by atomic mass is 10.2. The third-order valence-corrected chi connectivity index (χ3v) is 2.82. The van der Waals surface area contributed by atoms with Crippen molar-refractivity contribution in [3.05, 3.63) is 28.8 Å². The molecule has 0 atom stereocenters. The first-order valence-electron chi connectivity index (χ1n) is 6.09. The number of hydrogen-bond donors (Lipinski definition) is 2. The summed E-state index contributed by atoms with van der Waals surface area (Å²) in [5, 5.41) is 12.2. The number of nitrogens with two attached hydrogens (primary N) is 1. The van der Waals surface area contributed by atoms with Crippen LogP contribution in [0.5, 0.6) is 5.75 Å². The maximum absolute atomic E-state index is 8.71. The standard InChI is InChI=1S/C13H19ClN2O2/c1-2-3-4-5-8-18-12-7-6-10(14)9-11(12)13(15)16-17/h6-7,9,17H,2-5,8H2,1H3,(H2,15,16). The number of halogens is 1. The second-order valence-electron chi connectivity index (χ2n) is 4.03. The number of unbranched alkanes of at least 4 members (excludes halogenated alkanes) is 3. The molecule has 0 spiro atoms. The van der Waals surface area contributed by atoms with E-state index >= 15 is 0 Å². The van der Waals surface area contributed by atoms with Crippen LogP contribution >= 0.6 is 11.6 Å². The lowest BCUT2D eigenvalue weighted by Gasteiger charge is -2.10. The molecule has 5 heteroatoms. The molecule has 0 saturated heterocycles. The van der Waals surface area contributed by atoms with E-state index in [1.807, 2.05) is 0 Å². The van der Waals surface area contributed by atoms with Crippen molar-refractivity contribution in [2.24, 2.45) is 10.9 Å². The summed E-state index contributed by atoms with van der Waals surface area (Å²) >= 11 is 5.87. The van der Waals surface area contributed by atoms with Gasteiger partial charge in [0.1, 0.15) is 5.75 Å². The summed E-state index contributed by atoms with van der Waals surface area (Å²) in [6.45, 7) is 2.78. The molecule has 100 valence electrons. The summed E-state index contributed by atoms with van der Waals surface area (Å²) in [4.78, 5) is 0. The predicted molar refractivity (Wildman–Crippen MR) is 73.6 cm³/mol. The first kappa shape index (κ1) is 14.6. The van der Waals surface area contributed by atoms with Crippen LogP contribution in [0.3, 0.4) is 0 Å². The van der Waals surface area contributed by atoms with E-state index in [1.54, 1.807) is 18.2 Å². The predicted octanol–water partition coefficient (Wildman–Crippen LogP) is 3.39. The SMILES string of the molecule is CCCCCCOc1ccc(Cl)cc1C(N)=NO. The number of hydrogen-bond acceptors (Lipinski definition) is 3.